The Kier molecular flexibility index (Phi) is 3.88. The molecule has 0 bridgehead atoms. The van der Waals surface area contributed by atoms with E-state index < -0.39 is 5.97 Å². The smallest absolute Gasteiger partial charge is 0.308 e. The number of aromatic amines is 1. The zero-order chi connectivity index (χ0) is 16.6. The lowest BCUT2D eigenvalue weighted by molar-refractivity contribution is -0.131. The number of carbonyl (C=O) groups is 2. The Bertz CT molecular complexity index is 931. The lowest BCUT2D eigenvalue weighted by atomic mass is 10.1. The number of rotatable bonds is 3. The van der Waals surface area contributed by atoms with Crippen LogP contribution in [0.5, 0.6) is 5.75 Å². The quantitative estimate of drug-likeness (QED) is 0.588. The van der Waals surface area contributed by atoms with Crippen molar-refractivity contribution in [3.63, 3.8) is 0 Å². The number of esters is 1. The van der Waals surface area contributed by atoms with E-state index in [4.69, 9.17) is 16.3 Å². The van der Waals surface area contributed by atoms with Gasteiger partial charge < -0.3 is 9.72 Å². The maximum Gasteiger partial charge on any atom is 0.308 e. The number of pyridine rings is 1. The first-order valence-corrected chi connectivity index (χ1v) is 7.31. The zero-order valence-electron chi connectivity index (χ0n) is 12.5. The Hall–Kier alpha value is -2.66. The van der Waals surface area contributed by atoms with E-state index in [1.807, 2.05) is 0 Å². The van der Waals surface area contributed by atoms with Crippen molar-refractivity contribution >= 4 is 34.3 Å². The number of fused-ring (bicyclic) bond motifs is 1. The second-order valence-corrected chi connectivity index (χ2v) is 5.54. The average molecular weight is 329 g/mol. The largest absolute Gasteiger partial charge is 0.424 e. The summed E-state index contributed by atoms with van der Waals surface area (Å²) in [4.78, 5) is 31.4. The van der Waals surface area contributed by atoms with E-state index >= 15 is 0 Å². The molecule has 0 saturated heterocycles. The molecule has 2 heterocycles. The number of ether oxygens (including phenoxy) is 1. The third-order valence-corrected chi connectivity index (χ3v) is 3.54. The SMILES string of the molecule is CC(=O)Oc1c(C(=O)c2cccc(C)n2)[nH]c2ccc(Cl)cc12. The highest BCUT2D eigenvalue weighted by molar-refractivity contribution is 6.31. The normalized spacial score (nSPS) is 10.7. The minimum Gasteiger partial charge on any atom is -0.424 e. The Morgan fingerprint density at radius 2 is 2.00 bits per heavy atom. The molecule has 2 aromatic heterocycles. The lowest BCUT2D eigenvalue weighted by Crippen LogP contribution is -2.09. The summed E-state index contributed by atoms with van der Waals surface area (Å²) >= 11 is 6.00. The van der Waals surface area contributed by atoms with Crippen LogP contribution in [0.2, 0.25) is 5.02 Å². The van der Waals surface area contributed by atoms with Crippen molar-refractivity contribution in [2.45, 2.75) is 13.8 Å². The number of hydrogen-bond acceptors (Lipinski definition) is 4. The molecule has 116 valence electrons. The fraction of sp³-hybridized carbons (Fsp3) is 0.118. The van der Waals surface area contributed by atoms with Gasteiger partial charge in [-0.2, -0.15) is 0 Å². The number of halogens is 1. The second kappa shape index (κ2) is 5.85. The number of hydrogen-bond donors (Lipinski definition) is 1. The Balaban J connectivity index is 2.19. The van der Waals surface area contributed by atoms with Crippen LogP contribution in [0.1, 0.15) is 28.8 Å². The lowest BCUT2D eigenvalue weighted by Gasteiger charge is -2.04. The van der Waals surface area contributed by atoms with Crippen LogP contribution >= 0.6 is 11.6 Å². The molecule has 1 aromatic carbocycles. The minimum absolute atomic E-state index is 0.170. The first-order valence-electron chi connectivity index (χ1n) is 6.93. The van der Waals surface area contributed by atoms with Gasteiger partial charge >= 0.3 is 5.97 Å². The molecule has 3 rings (SSSR count). The molecule has 0 saturated carbocycles. The van der Waals surface area contributed by atoms with Crippen LogP contribution in [0.3, 0.4) is 0 Å². The molecule has 0 unspecified atom stereocenters. The molecule has 1 N–H and O–H groups in total. The first-order chi connectivity index (χ1) is 11.0. The Morgan fingerprint density at radius 3 is 2.70 bits per heavy atom. The van der Waals surface area contributed by atoms with Crippen LogP contribution < -0.4 is 4.74 Å². The average Bonchev–Trinajstić information content (AvgIpc) is 2.84. The number of aromatic nitrogens is 2. The number of ketones is 1. The molecule has 0 atom stereocenters. The number of nitrogens with zero attached hydrogens (tertiary/aromatic N) is 1. The molecule has 5 nitrogen and oxygen atoms in total. The first kappa shape index (κ1) is 15.2. The topological polar surface area (TPSA) is 72.1 Å². The van der Waals surface area contributed by atoms with Gasteiger partial charge in [-0.15, -0.1) is 0 Å². The molecule has 0 fully saturated rings. The summed E-state index contributed by atoms with van der Waals surface area (Å²) in [7, 11) is 0. The van der Waals surface area contributed by atoms with E-state index in [2.05, 4.69) is 9.97 Å². The van der Waals surface area contributed by atoms with Crippen molar-refractivity contribution in [3.8, 4) is 5.75 Å². The number of aryl methyl sites for hydroxylation is 1. The van der Waals surface area contributed by atoms with Gasteiger partial charge in [-0.05, 0) is 37.3 Å². The van der Waals surface area contributed by atoms with Crippen molar-refractivity contribution in [1.29, 1.82) is 0 Å². The number of benzene rings is 1. The van der Waals surface area contributed by atoms with Gasteiger partial charge in [0.25, 0.3) is 0 Å². The highest BCUT2D eigenvalue weighted by Gasteiger charge is 2.23. The van der Waals surface area contributed by atoms with E-state index in [-0.39, 0.29) is 22.9 Å². The van der Waals surface area contributed by atoms with E-state index in [9.17, 15) is 9.59 Å². The van der Waals surface area contributed by atoms with Crippen molar-refractivity contribution < 1.29 is 14.3 Å². The molecule has 0 aliphatic carbocycles. The summed E-state index contributed by atoms with van der Waals surface area (Å²) in [6.45, 7) is 3.08. The summed E-state index contributed by atoms with van der Waals surface area (Å²) in [5.41, 5.74) is 1.83. The highest BCUT2D eigenvalue weighted by Crippen LogP contribution is 2.33. The molecule has 0 aliphatic rings. The summed E-state index contributed by atoms with van der Waals surface area (Å²) in [6.07, 6.45) is 0. The third kappa shape index (κ3) is 2.96. The summed E-state index contributed by atoms with van der Waals surface area (Å²) in [5, 5.41) is 1.06. The molecule has 0 radical (unpaired) electrons. The van der Waals surface area contributed by atoms with Crippen molar-refractivity contribution in [1.82, 2.24) is 9.97 Å². The van der Waals surface area contributed by atoms with Gasteiger partial charge in [-0.3, -0.25) is 9.59 Å². The standard InChI is InChI=1S/C17H13ClN2O3/c1-9-4-3-5-14(19-9)16(22)15-17(23-10(2)21)12-8-11(18)6-7-13(12)20-15/h3-8,20H,1-2H3. The second-order valence-electron chi connectivity index (χ2n) is 5.11. The molecule has 0 aliphatic heterocycles. The molecule has 3 aromatic rings. The van der Waals surface area contributed by atoms with Crippen LogP contribution in [0, 0.1) is 6.92 Å². The molecule has 0 spiro atoms. The van der Waals surface area contributed by atoms with Crippen LogP contribution in [-0.4, -0.2) is 21.7 Å². The molecule has 6 heteroatoms. The van der Waals surface area contributed by atoms with Gasteiger partial charge in [0, 0.05) is 28.5 Å². The van der Waals surface area contributed by atoms with Gasteiger partial charge in [0.2, 0.25) is 5.78 Å². The number of nitrogens with one attached hydrogen (secondary N) is 1. The third-order valence-electron chi connectivity index (χ3n) is 3.31. The molecule has 23 heavy (non-hydrogen) atoms. The number of carbonyl (C=O) groups excluding carboxylic acids is 2. The van der Waals surface area contributed by atoms with E-state index in [0.717, 1.165) is 5.69 Å². The zero-order valence-corrected chi connectivity index (χ0v) is 13.3. The maximum absolute atomic E-state index is 12.7. The molecular formula is C17H13ClN2O3. The molecular weight excluding hydrogens is 316 g/mol. The predicted molar refractivity (Wildman–Crippen MR) is 87.0 cm³/mol. The van der Waals surface area contributed by atoms with Gasteiger partial charge in [-0.1, -0.05) is 17.7 Å². The fourth-order valence-electron chi connectivity index (χ4n) is 2.35. The minimum atomic E-state index is -0.517. The van der Waals surface area contributed by atoms with Gasteiger partial charge in [0.1, 0.15) is 11.4 Å². The van der Waals surface area contributed by atoms with E-state index in [1.165, 1.54) is 6.92 Å². The van der Waals surface area contributed by atoms with E-state index in [1.54, 1.807) is 43.3 Å². The van der Waals surface area contributed by atoms with Gasteiger partial charge in [0.05, 0.1) is 0 Å². The maximum atomic E-state index is 12.7. The van der Waals surface area contributed by atoms with Crippen LogP contribution in [0.25, 0.3) is 10.9 Å². The summed E-state index contributed by atoms with van der Waals surface area (Å²) in [5.74, 6) is -0.697. The van der Waals surface area contributed by atoms with Gasteiger partial charge in [0.15, 0.2) is 5.75 Å². The fourth-order valence-corrected chi connectivity index (χ4v) is 2.52. The van der Waals surface area contributed by atoms with Crippen LogP contribution in [-0.2, 0) is 4.79 Å². The Morgan fingerprint density at radius 1 is 1.22 bits per heavy atom. The highest BCUT2D eigenvalue weighted by atomic mass is 35.5. The summed E-state index contributed by atoms with van der Waals surface area (Å²) < 4.78 is 5.25. The predicted octanol–water partition coefficient (Wildman–Crippen LogP) is 3.68. The van der Waals surface area contributed by atoms with Crippen molar-refractivity contribution in [2.24, 2.45) is 0 Å². The Labute approximate surface area is 137 Å². The summed E-state index contributed by atoms with van der Waals surface area (Å²) in [6, 6.07) is 10.2. The van der Waals surface area contributed by atoms with Crippen LogP contribution in [0.15, 0.2) is 36.4 Å². The van der Waals surface area contributed by atoms with Crippen molar-refractivity contribution in [3.05, 3.63) is 58.5 Å². The monoisotopic (exact) mass is 328 g/mol. The van der Waals surface area contributed by atoms with Crippen molar-refractivity contribution in [2.75, 3.05) is 0 Å². The molecule has 0 amide bonds. The number of H-pyrrole nitrogens is 1. The van der Waals surface area contributed by atoms with Gasteiger partial charge in [-0.25, -0.2) is 4.98 Å². The van der Waals surface area contributed by atoms with E-state index in [0.29, 0.717) is 15.9 Å². The van der Waals surface area contributed by atoms with Crippen LogP contribution in [0.4, 0.5) is 0 Å².